The van der Waals surface area contributed by atoms with Gasteiger partial charge in [0.2, 0.25) is 5.91 Å². The number of amides is 1. The highest BCUT2D eigenvalue weighted by atomic mass is 16.2. The molecule has 5 nitrogen and oxygen atoms in total. The Morgan fingerprint density at radius 3 is 2.85 bits per heavy atom. The molecule has 2 aliphatic rings. The number of hydrogen-bond donors (Lipinski definition) is 0. The third-order valence-electron chi connectivity index (χ3n) is 4.57. The third-order valence-corrected chi connectivity index (χ3v) is 4.57. The van der Waals surface area contributed by atoms with Crippen molar-refractivity contribution in [1.29, 1.82) is 0 Å². The first-order chi connectivity index (χ1) is 9.78. The molecule has 1 saturated heterocycles. The lowest BCUT2D eigenvalue weighted by Gasteiger charge is -2.18. The molecule has 1 aromatic rings. The molecular formula is C15H18N4O. The van der Waals surface area contributed by atoms with E-state index in [0.717, 1.165) is 31.5 Å². The Kier molecular flexibility index (Phi) is 3.61. The van der Waals surface area contributed by atoms with Gasteiger partial charge in [-0.1, -0.05) is 35.4 Å². The number of hydrogen-bond acceptors (Lipinski definition) is 2. The molecule has 1 saturated carbocycles. The Labute approximate surface area is 118 Å². The lowest BCUT2D eigenvalue weighted by atomic mass is 9.98. The van der Waals surface area contributed by atoms with Crippen LogP contribution >= 0.6 is 0 Å². The van der Waals surface area contributed by atoms with Gasteiger partial charge in [-0.3, -0.25) is 4.79 Å². The van der Waals surface area contributed by atoms with E-state index in [1.54, 1.807) is 0 Å². The maximum atomic E-state index is 12.3. The fourth-order valence-corrected chi connectivity index (χ4v) is 3.53. The van der Waals surface area contributed by atoms with Crippen LogP contribution in [0, 0.1) is 11.8 Å². The van der Waals surface area contributed by atoms with Gasteiger partial charge >= 0.3 is 0 Å². The van der Waals surface area contributed by atoms with E-state index in [4.69, 9.17) is 5.53 Å². The summed E-state index contributed by atoms with van der Waals surface area (Å²) in [6.07, 6.45) is 2.51. The predicted octanol–water partition coefficient (Wildman–Crippen LogP) is 2.78. The van der Waals surface area contributed by atoms with Crippen LogP contribution in [-0.4, -0.2) is 29.9 Å². The van der Waals surface area contributed by atoms with Gasteiger partial charge in [-0.05, 0) is 35.8 Å². The van der Waals surface area contributed by atoms with Crippen molar-refractivity contribution in [3.63, 3.8) is 0 Å². The van der Waals surface area contributed by atoms with Gasteiger partial charge in [-0.2, -0.15) is 0 Å². The minimum Gasteiger partial charge on any atom is -0.342 e. The SMILES string of the molecule is [N-]=[N+]=N[C@H]1CC[C@H]2CN(C(=O)Cc3ccccc3)C[C@H]21. The number of azide groups is 1. The van der Waals surface area contributed by atoms with Crippen LogP contribution in [0.4, 0.5) is 0 Å². The lowest BCUT2D eigenvalue weighted by Crippen LogP contribution is -2.31. The van der Waals surface area contributed by atoms with Gasteiger partial charge in [0.05, 0.1) is 6.42 Å². The van der Waals surface area contributed by atoms with Crippen molar-refractivity contribution in [2.24, 2.45) is 17.0 Å². The number of carbonyl (C=O) groups excluding carboxylic acids is 1. The molecule has 0 bridgehead atoms. The molecule has 1 aliphatic carbocycles. The van der Waals surface area contributed by atoms with E-state index < -0.39 is 0 Å². The highest BCUT2D eigenvalue weighted by Crippen LogP contribution is 2.40. The van der Waals surface area contributed by atoms with Crippen molar-refractivity contribution in [2.75, 3.05) is 13.1 Å². The molecule has 20 heavy (non-hydrogen) atoms. The van der Waals surface area contributed by atoms with Gasteiger partial charge in [0.15, 0.2) is 0 Å². The number of fused-ring (bicyclic) bond motifs is 1. The largest absolute Gasteiger partial charge is 0.342 e. The molecule has 3 atom stereocenters. The molecular weight excluding hydrogens is 252 g/mol. The molecule has 3 rings (SSSR count). The number of likely N-dealkylation sites (tertiary alicyclic amines) is 1. The molecule has 1 aromatic carbocycles. The van der Waals surface area contributed by atoms with Crippen LogP contribution in [0.15, 0.2) is 35.4 Å². The molecule has 0 aromatic heterocycles. The smallest absolute Gasteiger partial charge is 0.227 e. The van der Waals surface area contributed by atoms with Crippen LogP contribution < -0.4 is 0 Å². The van der Waals surface area contributed by atoms with Gasteiger partial charge in [0.1, 0.15) is 0 Å². The maximum Gasteiger partial charge on any atom is 0.227 e. The normalized spacial score (nSPS) is 28.0. The molecule has 104 valence electrons. The van der Waals surface area contributed by atoms with Crippen molar-refractivity contribution >= 4 is 5.91 Å². The monoisotopic (exact) mass is 270 g/mol. The van der Waals surface area contributed by atoms with E-state index in [-0.39, 0.29) is 11.9 Å². The number of nitrogens with zero attached hydrogens (tertiary/aromatic N) is 4. The minimum atomic E-state index is 0.0829. The second-order valence-corrected chi connectivity index (χ2v) is 5.73. The molecule has 0 unspecified atom stereocenters. The lowest BCUT2D eigenvalue weighted by molar-refractivity contribution is -0.129. The summed E-state index contributed by atoms with van der Waals surface area (Å²) >= 11 is 0. The molecule has 1 heterocycles. The second kappa shape index (κ2) is 5.55. The molecule has 1 amide bonds. The Balaban J connectivity index is 1.63. The molecule has 1 aliphatic heterocycles. The summed E-state index contributed by atoms with van der Waals surface area (Å²) in [4.78, 5) is 17.2. The van der Waals surface area contributed by atoms with Gasteiger partial charge in [0, 0.05) is 24.0 Å². The molecule has 2 fully saturated rings. The minimum absolute atomic E-state index is 0.0829. The van der Waals surface area contributed by atoms with Crippen LogP contribution in [0.5, 0.6) is 0 Å². The highest BCUT2D eigenvalue weighted by molar-refractivity contribution is 5.79. The van der Waals surface area contributed by atoms with Crippen LogP contribution in [0.25, 0.3) is 10.4 Å². The van der Waals surface area contributed by atoms with E-state index in [2.05, 4.69) is 10.0 Å². The average molecular weight is 270 g/mol. The third kappa shape index (κ3) is 2.49. The number of carbonyl (C=O) groups is 1. The Morgan fingerprint density at radius 2 is 2.10 bits per heavy atom. The quantitative estimate of drug-likeness (QED) is 0.473. The first kappa shape index (κ1) is 13.0. The topological polar surface area (TPSA) is 69.1 Å². The zero-order valence-electron chi connectivity index (χ0n) is 11.4. The van der Waals surface area contributed by atoms with Crippen LogP contribution in [0.3, 0.4) is 0 Å². The summed E-state index contributed by atoms with van der Waals surface area (Å²) in [6.45, 7) is 1.58. The fraction of sp³-hybridized carbons (Fsp3) is 0.533. The first-order valence-electron chi connectivity index (χ1n) is 7.14. The Morgan fingerprint density at radius 1 is 1.30 bits per heavy atom. The van der Waals surface area contributed by atoms with Gasteiger partial charge in [0.25, 0.3) is 0 Å². The summed E-state index contributed by atoms with van der Waals surface area (Å²) in [7, 11) is 0. The number of rotatable bonds is 3. The zero-order chi connectivity index (χ0) is 13.9. The summed E-state index contributed by atoms with van der Waals surface area (Å²) in [5.41, 5.74) is 9.65. The van der Waals surface area contributed by atoms with E-state index in [1.807, 2.05) is 35.2 Å². The average Bonchev–Trinajstić information content (AvgIpc) is 3.02. The standard InChI is InChI=1S/C15H18N4O/c16-18-17-14-7-6-12-9-19(10-13(12)14)15(20)8-11-4-2-1-3-5-11/h1-5,12-14H,6-10H2/t12-,13+,14-/m0/s1. The molecule has 5 heteroatoms. The predicted molar refractivity (Wildman–Crippen MR) is 75.9 cm³/mol. The van der Waals surface area contributed by atoms with Crippen LogP contribution in [-0.2, 0) is 11.2 Å². The van der Waals surface area contributed by atoms with Crippen molar-refractivity contribution in [1.82, 2.24) is 4.90 Å². The van der Waals surface area contributed by atoms with Crippen molar-refractivity contribution in [2.45, 2.75) is 25.3 Å². The zero-order valence-corrected chi connectivity index (χ0v) is 11.4. The molecule has 0 N–H and O–H groups in total. The van der Waals surface area contributed by atoms with Gasteiger partial charge < -0.3 is 4.90 Å². The van der Waals surface area contributed by atoms with Crippen molar-refractivity contribution in [3.8, 4) is 0 Å². The molecule has 0 spiro atoms. The highest BCUT2D eigenvalue weighted by Gasteiger charge is 2.43. The van der Waals surface area contributed by atoms with Crippen LogP contribution in [0.2, 0.25) is 0 Å². The van der Waals surface area contributed by atoms with E-state index >= 15 is 0 Å². The Bertz CT molecular complexity index is 538. The van der Waals surface area contributed by atoms with Crippen molar-refractivity contribution in [3.05, 3.63) is 46.3 Å². The van der Waals surface area contributed by atoms with Crippen LogP contribution in [0.1, 0.15) is 18.4 Å². The summed E-state index contributed by atoms with van der Waals surface area (Å²) in [5.74, 6) is 1.07. The summed E-state index contributed by atoms with van der Waals surface area (Å²) in [6, 6.07) is 9.92. The summed E-state index contributed by atoms with van der Waals surface area (Å²) < 4.78 is 0. The fourth-order valence-electron chi connectivity index (χ4n) is 3.53. The van der Waals surface area contributed by atoms with E-state index in [0.29, 0.717) is 18.3 Å². The Hall–Kier alpha value is -2.00. The number of benzene rings is 1. The molecule has 0 radical (unpaired) electrons. The van der Waals surface area contributed by atoms with Gasteiger partial charge in [-0.15, -0.1) is 0 Å². The van der Waals surface area contributed by atoms with Gasteiger partial charge in [-0.25, -0.2) is 0 Å². The van der Waals surface area contributed by atoms with Crippen molar-refractivity contribution < 1.29 is 4.79 Å². The van der Waals surface area contributed by atoms with E-state index in [1.165, 1.54) is 0 Å². The first-order valence-corrected chi connectivity index (χ1v) is 7.14. The summed E-state index contributed by atoms with van der Waals surface area (Å²) in [5, 5.41) is 3.89. The van der Waals surface area contributed by atoms with E-state index in [9.17, 15) is 4.79 Å². The second-order valence-electron chi connectivity index (χ2n) is 5.73. The maximum absolute atomic E-state index is 12.3.